The SMILES string of the molecule is CCNCCOc1ccc(N=C=O)cc1. The number of nitrogens with zero attached hydrogens (tertiary/aromatic N) is 1. The van der Waals surface area contributed by atoms with Crippen LogP contribution >= 0.6 is 0 Å². The van der Waals surface area contributed by atoms with E-state index in [4.69, 9.17) is 4.74 Å². The summed E-state index contributed by atoms with van der Waals surface area (Å²) in [6.07, 6.45) is 1.49. The van der Waals surface area contributed by atoms with Gasteiger partial charge >= 0.3 is 0 Å². The van der Waals surface area contributed by atoms with Crippen LogP contribution in [0, 0.1) is 0 Å². The minimum atomic E-state index is 0.587. The summed E-state index contributed by atoms with van der Waals surface area (Å²) < 4.78 is 5.44. The molecule has 0 saturated heterocycles. The maximum absolute atomic E-state index is 9.97. The van der Waals surface area contributed by atoms with Crippen LogP contribution in [0.5, 0.6) is 5.75 Å². The van der Waals surface area contributed by atoms with Crippen molar-refractivity contribution in [2.75, 3.05) is 19.7 Å². The zero-order valence-corrected chi connectivity index (χ0v) is 8.69. The van der Waals surface area contributed by atoms with Gasteiger partial charge in [0.25, 0.3) is 0 Å². The molecule has 0 amide bonds. The number of ether oxygens (including phenoxy) is 1. The highest BCUT2D eigenvalue weighted by Gasteiger charge is 1.93. The monoisotopic (exact) mass is 206 g/mol. The Hall–Kier alpha value is -1.64. The fraction of sp³-hybridized carbons (Fsp3) is 0.364. The topological polar surface area (TPSA) is 50.7 Å². The van der Waals surface area contributed by atoms with Gasteiger partial charge in [-0.25, -0.2) is 4.79 Å². The fourth-order valence-corrected chi connectivity index (χ4v) is 1.09. The highest BCUT2D eigenvalue weighted by molar-refractivity contribution is 5.49. The van der Waals surface area contributed by atoms with Crippen molar-refractivity contribution in [2.24, 2.45) is 4.99 Å². The summed E-state index contributed by atoms with van der Waals surface area (Å²) in [5.74, 6) is 0.776. The predicted molar refractivity (Wildman–Crippen MR) is 58.3 cm³/mol. The number of carbonyl (C=O) groups excluding carboxylic acids is 1. The number of likely N-dealkylation sites (N-methyl/N-ethyl adjacent to an activating group) is 1. The third-order valence-corrected chi connectivity index (χ3v) is 1.81. The average Bonchev–Trinajstić information content (AvgIpc) is 2.27. The Morgan fingerprint density at radius 3 is 2.73 bits per heavy atom. The number of isocyanates is 1. The predicted octanol–water partition coefficient (Wildman–Crippen LogP) is 1.64. The minimum Gasteiger partial charge on any atom is -0.492 e. The Kier molecular flexibility index (Phi) is 5.15. The largest absolute Gasteiger partial charge is 0.492 e. The van der Waals surface area contributed by atoms with Crippen molar-refractivity contribution >= 4 is 11.8 Å². The molecule has 0 aromatic heterocycles. The zero-order valence-electron chi connectivity index (χ0n) is 8.69. The smallest absolute Gasteiger partial charge is 0.240 e. The summed E-state index contributed by atoms with van der Waals surface area (Å²) in [7, 11) is 0. The average molecular weight is 206 g/mol. The van der Waals surface area contributed by atoms with Crippen LogP contribution in [-0.4, -0.2) is 25.8 Å². The number of benzene rings is 1. The first kappa shape index (κ1) is 11.4. The molecule has 15 heavy (non-hydrogen) atoms. The maximum atomic E-state index is 9.97. The molecule has 1 N–H and O–H groups in total. The third kappa shape index (κ3) is 4.40. The molecule has 0 saturated carbocycles. The number of aliphatic imine (C=N–C) groups is 1. The molecule has 4 nitrogen and oxygen atoms in total. The summed E-state index contributed by atoms with van der Waals surface area (Å²) in [5, 5.41) is 3.16. The lowest BCUT2D eigenvalue weighted by molar-refractivity contribution is 0.315. The third-order valence-electron chi connectivity index (χ3n) is 1.81. The Balaban J connectivity index is 2.39. The van der Waals surface area contributed by atoms with E-state index < -0.39 is 0 Å². The van der Waals surface area contributed by atoms with Crippen molar-refractivity contribution in [2.45, 2.75) is 6.92 Å². The highest BCUT2D eigenvalue weighted by Crippen LogP contribution is 2.17. The fourth-order valence-electron chi connectivity index (χ4n) is 1.09. The maximum Gasteiger partial charge on any atom is 0.240 e. The van der Waals surface area contributed by atoms with E-state index in [2.05, 4.69) is 10.3 Å². The quantitative estimate of drug-likeness (QED) is 0.437. The van der Waals surface area contributed by atoms with Crippen molar-refractivity contribution in [1.82, 2.24) is 5.32 Å². The molecule has 1 aromatic rings. The number of rotatable bonds is 6. The van der Waals surface area contributed by atoms with Crippen LogP contribution in [0.3, 0.4) is 0 Å². The Morgan fingerprint density at radius 2 is 2.13 bits per heavy atom. The molecule has 0 spiro atoms. The van der Waals surface area contributed by atoms with Crippen molar-refractivity contribution in [3.8, 4) is 5.75 Å². The molecule has 0 aliphatic rings. The standard InChI is InChI=1S/C11H14N2O2/c1-2-12-7-8-15-11-5-3-10(4-6-11)13-9-14/h3-6,12H,2,7-8H2,1H3. The first-order chi connectivity index (χ1) is 7.36. The van der Waals surface area contributed by atoms with Crippen molar-refractivity contribution in [3.05, 3.63) is 24.3 Å². The molecule has 4 heteroatoms. The van der Waals surface area contributed by atoms with E-state index in [1.54, 1.807) is 24.3 Å². The summed E-state index contributed by atoms with van der Waals surface area (Å²) in [5.41, 5.74) is 0.587. The Morgan fingerprint density at radius 1 is 1.40 bits per heavy atom. The van der Waals surface area contributed by atoms with Crippen molar-refractivity contribution in [1.29, 1.82) is 0 Å². The molecule has 80 valence electrons. The molecule has 0 bridgehead atoms. The van der Waals surface area contributed by atoms with E-state index in [1.807, 2.05) is 6.92 Å². The Labute approximate surface area is 89.0 Å². The van der Waals surface area contributed by atoms with Crippen LogP contribution in [0.4, 0.5) is 5.69 Å². The summed E-state index contributed by atoms with van der Waals surface area (Å²) in [4.78, 5) is 13.5. The van der Waals surface area contributed by atoms with Gasteiger partial charge in [0.2, 0.25) is 6.08 Å². The second-order valence-electron chi connectivity index (χ2n) is 2.90. The lowest BCUT2D eigenvalue weighted by Gasteiger charge is -2.05. The molecule has 0 atom stereocenters. The van der Waals surface area contributed by atoms with Crippen LogP contribution in [0.15, 0.2) is 29.3 Å². The van der Waals surface area contributed by atoms with Crippen molar-refractivity contribution < 1.29 is 9.53 Å². The van der Waals surface area contributed by atoms with Gasteiger partial charge in [0, 0.05) is 6.54 Å². The van der Waals surface area contributed by atoms with E-state index in [9.17, 15) is 4.79 Å². The summed E-state index contributed by atoms with van der Waals surface area (Å²) in [6, 6.07) is 6.99. The second kappa shape index (κ2) is 6.76. The van der Waals surface area contributed by atoms with Gasteiger partial charge < -0.3 is 10.1 Å². The highest BCUT2D eigenvalue weighted by atomic mass is 16.5. The van der Waals surface area contributed by atoms with E-state index >= 15 is 0 Å². The summed E-state index contributed by atoms with van der Waals surface area (Å²) in [6.45, 7) is 4.44. The normalized spacial score (nSPS) is 9.40. The molecular weight excluding hydrogens is 192 g/mol. The van der Waals surface area contributed by atoms with Gasteiger partial charge in [-0.15, -0.1) is 0 Å². The zero-order chi connectivity index (χ0) is 10.9. The molecule has 0 fully saturated rings. The molecule has 0 aliphatic carbocycles. The van der Waals surface area contributed by atoms with E-state index in [0.29, 0.717) is 12.3 Å². The van der Waals surface area contributed by atoms with Crippen LogP contribution in [-0.2, 0) is 4.79 Å². The number of nitrogens with one attached hydrogen (secondary N) is 1. The molecule has 0 aliphatic heterocycles. The molecule has 0 radical (unpaired) electrons. The van der Waals surface area contributed by atoms with Gasteiger partial charge in [-0.3, -0.25) is 0 Å². The lowest BCUT2D eigenvalue weighted by Crippen LogP contribution is -2.20. The lowest BCUT2D eigenvalue weighted by atomic mass is 10.3. The molecule has 1 rings (SSSR count). The van der Waals surface area contributed by atoms with Gasteiger partial charge in [-0.2, -0.15) is 4.99 Å². The van der Waals surface area contributed by atoms with E-state index in [0.717, 1.165) is 18.8 Å². The second-order valence-corrected chi connectivity index (χ2v) is 2.90. The van der Waals surface area contributed by atoms with Gasteiger partial charge in [0.1, 0.15) is 12.4 Å². The molecular formula is C11H14N2O2. The molecule has 1 aromatic carbocycles. The first-order valence-electron chi connectivity index (χ1n) is 4.88. The molecule has 0 heterocycles. The number of hydrogen-bond donors (Lipinski definition) is 1. The van der Waals surface area contributed by atoms with Crippen LogP contribution in [0.2, 0.25) is 0 Å². The van der Waals surface area contributed by atoms with Gasteiger partial charge in [0.15, 0.2) is 0 Å². The van der Waals surface area contributed by atoms with Crippen LogP contribution in [0.25, 0.3) is 0 Å². The first-order valence-corrected chi connectivity index (χ1v) is 4.88. The van der Waals surface area contributed by atoms with Crippen LogP contribution in [0.1, 0.15) is 6.92 Å². The number of hydrogen-bond acceptors (Lipinski definition) is 4. The van der Waals surface area contributed by atoms with Gasteiger partial charge in [-0.1, -0.05) is 6.92 Å². The van der Waals surface area contributed by atoms with Gasteiger partial charge in [0.05, 0.1) is 5.69 Å². The van der Waals surface area contributed by atoms with E-state index in [-0.39, 0.29) is 0 Å². The van der Waals surface area contributed by atoms with Crippen LogP contribution < -0.4 is 10.1 Å². The summed E-state index contributed by atoms with van der Waals surface area (Å²) >= 11 is 0. The minimum absolute atomic E-state index is 0.587. The Bertz CT molecular complexity index is 329. The molecule has 0 unspecified atom stereocenters. The van der Waals surface area contributed by atoms with Crippen molar-refractivity contribution in [3.63, 3.8) is 0 Å². The van der Waals surface area contributed by atoms with E-state index in [1.165, 1.54) is 6.08 Å². The van der Waals surface area contributed by atoms with Gasteiger partial charge in [-0.05, 0) is 30.8 Å².